The molecule has 1 saturated heterocycles. The molecule has 0 bridgehead atoms. The Kier molecular flexibility index (Phi) is 9.07. The van der Waals surface area contributed by atoms with Crippen molar-refractivity contribution in [3.8, 4) is 0 Å². The van der Waals surface area contributed by atoms with Crippen molar-refractivity contribution in [2.45, 2.75) is 59.3 Å². The number of aryl methyl sites for hydroxylation is 1. The van der Waals surface area contributed by atoms with Crippen molar-refractivity contribution in [1.29, 1.82) is 0 Å². The normalized spacial score (nSPS) is 17.3. The summed E-state index contributed by atoms with van der Waals surface area (Å²) in [6.45, 7) is 7.34. The molecule has 0 spiro atoms. The highest BCUT2D eigenvalue weighted by atomic mass is 32.1. The van der Waals surface area contributed by atoms with Crippen molar-refractivity contribution < 1.29 is 33.4 Å². The Bertz CT molecular complexity index is 915. The first-order valence-electron chi connectivity index (χ1n) is 11.9. The lowest BCUT2D eigenvalue weighted by molar-refractivity contribution is -0.161. The number of ether oxygens (including phenoxy) is 3. The summed E-state index contributed by atoms with van der Waals surface area (Å²) in [6.07, 6.45) is 3.54. The minimum atomic E-state index is -0.888. The number of carbonyl (C=O) groups is 4. The number of nitrogens with one attached hydrogen (secondary N) is 1. The Morgan fingerprint density at radius 2 is 1.76 bits per heavy atom. The molecule has 1 aliphatic heterocycles. The summed E-state index contributed by atoms with van der Waals surface area (Å²) in [5.41, 5.74) is 0.304. The van der Waals surface area contributed by atoms with E-state index in [2.05, 4.69) is 5.32 Å². The quantitative estimate of drug-likeness (QED) is 0.525. The second-order valence-electron chi connectivity index (χ2n) is 8.70. The maximum Gasteiger partial charge on any atom is 0.341 e. The second-order valence-corrected chi connectivity index (χ2v) is 9.92. The maximum absolute atomic E-state index is 13.0. The molecule has 2 aliphatic rings. The van der Waals surface area contributed by atoms with Crippen molar-refractivity contribution in [3.05, 3.63) is 16.0 Å². The van der Waals surface area contributed by atoms with E-state index in [1.54, 1.807) is 11.8 Å². The number of esters is 2. The highest BCUT2D eigenvalue weighted by molar-refractivity contribution is 7.16. The molecule has 9 nitrogen and oxygen atoms in total. The SMILES string of the molecule is CCOC(=O)c1c(NC(=O)COC(=O)C2(CC(=O)N3CCOCC3)CCCC2)sc(C)c1CC. The summed E-state index contributed by atoms with van der Waals surface area (Å²) in [6, 6.07) is 0. The van der Waals surface area contributed by atoms with E-state index in [9.17, 15) is 19.2 Å². The fourth-order valence-electron chi connectivity index (χ4n) is 4.68. The van der Waals surface area contributed by atoms with Gasteiger partial charge in [0.25, 0.3) is 5.91 Å². The Morgan fingerprint density at radius 1 is 1.09 bits per heavy atom. The zero-order chi connectivity index (χ0) is 24.7. The lowest BCUT2D eigenvalue weighted by Gasteiger charge is -2.31. The van der Waals surface area contributed by atoms with E-state index in [1.165, 1.54) is 11.3 Å². The van der Waals surface area contributed by atoms with Crippen molar-refractivity contribution in [3.63, 3.8) is 0 Å². The van der Waals surface area contributed by atoms with Gasteiger partial charge in [0.2, 0.25) is 5.91 Å². The van der Waals surface area contributed by atoms with Gasteiger partial charge in [-0.25, -0.2) is 4.79 Å². The third-order valence-electron chi connectivity index (χ3n) is 6.48. The van der Waals surface area contributed by atoms with E-state index in [0.29, 0.717) is 56.1 Å². The molecule has 34 heavy (non-hydrogen) atoms. The average molecular weight is 495 g/mol. The number of carbonyl (C=O) groups excluding carboxylic acids is 4. The number of thiophene rings is 1. The Morgan fingerprint density at radius 3 is 2.38 bits per heavy atom. The van der Waals surface area contributed by atoms with E-state index in [4.69, 9.17) is 14.2 Å². The van der Waals surface area contributed by atoms with Crippen molar-refractivity contribution in [1.82, 2.24) is 4.90 Å². The lowest BCUT2D eigenvalue weighted by atomic mass is 9.82. The minimum absolute atomic E-state index is 0.0770. The van der Waals surface area contributed by atoms with E-state index in [0.717, 1.165) is 23.3 Å². The van der Waals surface area contributed by atoms with Crippen LogP contribution in [0.1, 0.15) is 66.8 Å². The third-order valence-corrected chi connectivity index (χ3v) is 7.54. The van der Waals surface area contributed by atoms with Gasteiger partial charge in [0, 0.05) is 24.4 Å². The topological polar surface area (TPSA) is 111 Å². The monoisotopic (exact) mass is 494 g/mol. The van der Waals surface area contributed by atoms with Gasteiger partial charge in [0.05, 0.1) is 30.8 Å². The van der Waals surface area contributed by atoms with Gasteiger partial charge in [-0.15, -0.1) is 11.3 Å². The largest absolute Gasteiger partial charge is 0.462 e. The van der Waals surface area contributed by atoms with Gasteiger partial charge in [-0.3, -0.25) is 14.4 Å². The summed E-state index contributed by atoms with van der Waals surface area (Å²) in [5.74, 6) is -1.60. The minimum Gasteiger partial charge on any atom is -0.462 e. The number of anilines is 1. The molecular formula is C24H34N2O7S. The van der Waals surface area contributed by atoms with Gasteiger partial charge in [0.15, 0.2) is 6.61 Å². The molecule has 0 unspecified atom stereocenters. The van der Waals surface area contributed by atoms with Gasteiger partial charge >= 0.3 is 11.9 Å². The molecule has 2 heterocycles. The molecule has 1 aliphatic carbocycles. The third kappa shape index (κ3) is 5.96. The number of hydrogen-bond acceptors (Lipinski definition) is 8. The second kappa shape index (κ2) is 11.8. The summed E-state index contributed by atoms with van der Waals surface area (Å²) < 4.78 is 15.9. The molecule has 0 radical (unpaired) electrons. The van der Waals surface area contributed by atoms with Crippen LogP contribution in [0.3, 0.4) is 0 Å². The summed E-state index contributed by atoms with van der Waals surface area (Å²) >= 11 is 1.30. The van der Waals surface area contributed by atoms with Crippen LogP contribution in [0.25, 0.3) is 0 Å². The van der Waals surface area contributed by atoms with Gasteiger partial charge in [0.1, 0.15) is 5.00 Å². The number of hydrogen-bond donors (Lipinski definition) is 1. The molecule has 1 aromatic heterocycles. The van der Waals surface area contributed by atoms with Crippen LogP contribution in [0.5, 0.6) is 0 Å². The molecule has 10 heteroatoms. The van der Waals surface area contributed by atoms with Gasteiger partial charge in [-0.2, -0.15) is 0 Å². The van der Waals surface area contributed by atoms with Gasteiger partial charge in [-0.05, 0) is 38.7 Å². The van der Waals surface area contributed by atoms with E-state index < -0.39 is 29.9 Å². The van der Waals surface area contributed by atoms with Crippen LogP contribution in [-0.2, 0) is 35.0 Å². The molecular weight excluding hydrogens is 460 g/mol. The van der Waals surface area contributed by atoms with Crippen molar-refractivity contribution >= 4 is 40.1 Å². The predicted octanol–water partition coefficient (Wildman–Crippen LogP) is 3.09. The summed E-state index contributed by atoms with van der Waals surface area (Å²) in [5, 5.41) is 3.10. The van der Waals surface area contributed by atoms with Gasteiger partial charge < -0.3 is 24.4 Å². The number of morpholine rings is 1. The van der Waals surface area contributed by atoms with Crippen LogP contribution in [0, 0.1) is 12.3 Å². The molecule has 3 rings (SSSR count). The zero-order valence-electron chi connectivity index (χ0n) is 20.2. The smallest absolute Gasteiger partial charge is 0.341 e. The van der Waals surface area contributed by atoms with Crippen molar-refractivity contribution in [2.75, 3.05) is 44.8 Å². The van der Waals surface area contributed by atoms with Crippen LogP contribution in [-0.4, -0.2) is 68.2 Å². The van der Waals surface area contributed by atoms with Gasteiger partial charge in [-0.1, -0.05) is 19.8 Å². The van der Waals surface area contributed by atoms with Crippen LogP contribution in [0.2, 0.25) is 0 Å². The zero-order valence-corrected chi connectivity index (χ0v) is 21.0. The molecule has 2 fully saturated rings. The molecule has 2 amide bonds. The highest BCUT2D eigenvalue weighted by Crippen LogP contribution is 2.43. The fourth-order valence-corrected chi connectivity index (χ4v) is 5.83. The number of amides is 2. The van der Waals surface area contributed by atoms with Crippen molar-refractivity contribution in [2.24, 2.45) is 5.41 Å². The molecule has 0 atom stereocenters. The molecule has 0 aromatic carbocycles. The first kappa shape index (κ1) is 26.2. The van der Waals surface area contributed by atoms with E-state index >= 15 is 0 Å². The maximum atomic E-state index is 13.0. The predicted molar refractivity (Wildman–Crippen MR) is 127 cm³/mol. The molecule has 188 valence electrons. The Balaban J connectivity index is 1.63. The van der Waals surface area contributed by atoms with Crippen LogP contribution < -0.4 is 5.32 Å². The van der Waals surface area contributed by atoms with Crippen LogP contribution >= 0.6 is 11.3 Å². The lowest BCUT2D eigenvalue weighted by Crippen LogP contribution is -2.44. The fraction of sp³-hybridized carbons (Fsp3) is 0.667. The molecule has 1 saturated carbocycles. The Hall–Kier alpha value is -2.46. The number of rotatable bonds is 9. The average Bonchev–Trinajstić information content (AvgIpc) is 3.42. The Labute approximate surface area is 204 Å². The van der Waals surface area contributed by atoms with Crippen LogP contribution in [0.4, 0.5) is 5.00 Å². The molecule has 1 aromatic rings. The molecule has 1 N–H and O–H groups in total. The highest BCUT2D eigenvalue weighted by Gasteiger charge is 2.45. The van der Waals surface area contributed by atoms with E-state index in [1.807, 2.05) is 13.8 Å². The first-order chi connectivity index (χ1) is 16.3. The first-order valence-corrected chi connectivity index (χ1v) is 12.7. The number of nitrogens with zero attached hydrogens (tertiary/aromatic N) is 1. The summed E-state index contributed by atoms with van der Waals surface area (Å²) in [7, 11) is 0. The van der Waals surface area contributed by atoms with Crippen LogP contribution in [0.15, 0.2) is 0 Å². The standard InChI is InChI=1S/C24H34N2O7S/c1-4-17-16(3)34-21(20(17)22(29)32-5-2)25-18(27)15-33-23(30)24(8-6-7-9-24)14-19(28)26-10-12-31-13-11-26/h4-15H2,1-3H3,(H,25,27). The van der Waals surface area contributed by atoms with E-state index in [-0.39, 0.29) is 18.9 Å². The summed E-state index contributed by atoms with van der Waals surface area (Å²) in [4.78, 5) is 53.6.